The Bertz CT molecular complexity index is 1110. The zero-order chi connectivity index (χ0) is 25.8. The Hall–Kier alpha value is -3.51. The summed E-state index contributed by atoms with van der Waals surface area (Å²) >= 11 is 0. The molecule has 0 unspecified atom stereocenters. The normalized spacial score (nSPS) is 12.6. The minimum atomic E-state index is -0.156. The second-order valence-electron chi connectivity index (χ2n) is 8.03. The molecule has 0 aliphatic heterocycles. The van der Waals surface area contributed by atoms with Crippen LogP contribution in [0.5, 0.6) is 0 Å². The summed E-state index contributed by atoms with van der Waals surface area (Å²) in [6, 6.07) is 16.7. The van der Waals surface area contributed by atoms with Crippen LogP contribution in [0.25, 0.3) is 22.8 Å². The van der Waals surface area contributed by atoms with Crippen molar-refractivity contribution in [2.24, 2.45) is 5.92 Å². The van der Waals surface area contributed by atoms with Crippen LogP contribution in [0.4, 0.5) is 5.69 Å². The first-order valence-electron chi connectivity index (χ1n) is 12.0. The zero-order valence-corrected chi connectivity index (χ0v) is 21.6. The molecular weight excluding hydrogens is 440 g/mol. The molecule has 0 bridgehead atoms. The molecule has 1 heterocycles. The highest BCUT2D eigenvalue weighted by Crippen LogP contribution is 2.32. The first kappa shape index (κ1) is 27.7. The molecule has 1 saturated carbocycles. The number of methoxy groups -OCH3 is 1. The predicted octanol–water partition coefficient (Wildman–Crippen LogP) is 7.18. The minimum Gasteiger partial charge on any atom is -0.435 e. The molecule has 1 fully saturated rings. The van der Waals surface area contributed by atoms with E-state index in [1.807, 2.05) is 88.4 Å². The van der Waals surface area contributed by atoms with Crippen LogP contribution in [-0.2, 0) is 9.53 Å². The highest BCUT2D eigenvalue weighted by Gasteiger charge is 2.29. The third-order valence-corrected chi connectivity index (χ3v) is 5.21. The number of amides is 1. The number of carbonyl (C=O) groups is 2. The van der Waals surface area contributed by atoms with Crippen molar-refractivity contribution in [3.05, 3.63) is 71.9 Å². The SMILES string of the molecule is C/C=C(/C)COC.CC.CC(=O)c1nc(-c2ccccc2)oc1-c1ccc(NC(=O)C2CC2)cc1. The number of rotatable bonds is 7. The quantitative estimate of drug-likeness (QED) is 0.288. The fourth-order valence-electron chi connectivity index (χ4n) is 3.06. The molecule has 0 saturated heterocycles. The first-order valence-corrected chi connectivity index (χ1v) is 12.0. The van der Waals surface area contributed by atoms with Gasteiger partial charge in [-0.15, -0.1) is 0 Å². The highest BCUT2D eigenvalue weighted by atomic mass is 16.5. The number of oxazole rings is 1. The first-order chi connectivity index (χ1) is 16.9. The second kappa shape index (κ2) is 14.0. The molecule has 186 valence electrons. The molecule has 2 aromatic carbocycles. The number of aromatic nitrogens is 1. The fraction of sp³-hybridized carbons (Fsp3) is 0.345. The van der Waals surface area contributed by atoms with Crippen LogP contribution >= 0.6 is 0 Å². The average molecular weight is 477 g/mol. The lowest BCUT2D eigenvalue weighted by Gasteiger charge is -2.05. The van der Waals surface area contributed by atoms with E-state index < -0.39 is 0 Å². The Balaban J connectivity index is 0.000000416. The van der Waals surface area contributed by atoms with Crippen LogP contribution < -0.4 is 5.32 Å². The molecule has 6 heteroatoms. The largest absolute Gasteiger partial charge is 0.435 e. The number of hydrogen-bond acceptors (Lipinski definition) is 5. The van der Waals surface area contributed by atoms with Gasteiger partial charge in [0.15, 0.2) is 17.2 Å². The van der Waals surface area contributed by atoms with E-state index in [1.165, 1.54) is 12.5 Å². The van der Waals surface area contributed by atoms with Gasteiger partial charge in [0.2, 0.25) is 11.8 Å². The van der Waals surface area contributed by atoms with Crippen LogP contribution in [0.2, 0.25) is 0 Å². The van der Waals surface area contributed by atoms with Gasteiger partial charge in [-0.25, -0.2) is 4.98 Å². The van der Waals surface area contributed by atoms with Crippen molar-refractivity contribution in [3.63, 3.8) is 0 Å². The van der Waals surface area contributed by atoms with Crippen molar-refractivity contribution in [2.45, 2.75) is 47.5 Å². The number of hydrogen-bond donors (Lipinski definition) is 1. The summed E-state index contributed by atoms with van der Waals surface area (Å²) in [7, 11) is 1.70. The van der Waals surface area contributed by atoms with Crippen LogP contribution in [0, 0.1) is 5.92 Å². The number of nitrogens with one attached hydrogen (secondary N) is 1. The van der Waals surface area contributed by atoms with Crippen LogP contribution in [0.1, 0.15) is 57.9 Å². The van der Waals surface area contributed by atoms with Gasteiger partial charge in [0, 0.05) is 36.8 Å². The van der Waals surface area contributed by atoms with E-state index in [9.17, 15) is 9.59 Å². The van der Waals surface area contributed by atoms with Crippen molar-refractivity contribution >= 4 is 17.4 Å². The third kappa shape index (κ3) is 8.34. The van der Waals surface area contributed by atoms with E-state index in [4.69, 9.17) is 9.15 Å². The van der Waals surface area contributed by atoms with Crippen LogP contribution in [-0.4, -0.2) is 30.4 Å². The molecule has 1 aliphatic rings. The molecule has 3 aromatic rings. The maximum Gasteiger partial charge on any atom is 0.227 e. The standard InChI is InChI=1S/C21H18N2O3.C6H12O.C2H6/c1-13(24)18-19(26-21(23-18)16-5-3-2-4-6-16)14-9-11-17(12-10-14)22-20(25)15-7-8-15;1-4-6(2)5-7-3;1-2/h2-6,9-12,15H,7-8H2,1H3,(H,22,25);4H,5H2,1-3H3;1-2H3/b;6-4-;. The topological polar surface area (TPSA) is 81.4 Å². The third-order valence-electron chi connectivity index (χ3n) is 5.21. The maximum atomic E-state index is 12.0. The van der Waals surface area contributed by atoms with Gasteiger partial charge in [0.25, 0.3) is 0 Å². The van der Waals surface area contributed by atoms with Gasteiger partial charge >= 0.3 is 0 Å². The van der Waals surface area contributed by atoms with E-state index in [0.717, 1.165) is 36.3 Å². The second-order valence-corrected chi connectivity index (χ2v) is 8.03. The minimum absolute atomic E-state index is 0.0632. The van der Waals surface area contributed by atoms with Crippen molar-refractivity contribution < 1.29 is 18.7 Å². The summed E-state index contributed by atoms with van der Waals surface area (Å²) in [4.78, 5) is 28.2. The smallest absolute Gasteiger partial charge is 0.227 e. The predicted molar refractivity (Wildman–Crippen MR) is 141 cm³/mol. The summed E-state index contributed by atoms with van der Waals surface area (Å²) in [5, 5.41) is 2.90. The van der Waals surface area contributed by atoms with Crippen molar-refractivity contribution in [3.8, 4) is 22.8 Å². The summed E-state index contributed by atoms with van der Waals surface area (Å²) < 4.78 is 10.7. The molecule has 0 radical (unpaired) electrons. The summed E-state index contributed by atoms with van der Waals surface area (Å²) in [6.07, 6.45) is 3.97. The zero-order valence-electron chi connectivity index (χ0n) is 21.6. The monoisotopic (exact) mass is 476 g/mol. The van der Waals surface area contributed by atoms with E-state index in [0.29, 0.717) is 17.3 Å². The van der Waals surface area contributed by atoms with E-state index in [1.54, 1.807) is 7.11 Å². The molecule has 1 aliphatic carbocycles. The van der Waals surface area contributed by atoms with Gasteiger partial charge in [-0.05, 0) is 63.1 Å². The van der Waals surface area contributed by atoms with Crippen molar-refractivity contribution in [1.82, 2.24) is 4.98 Å². The molecule has 35 heavy (non-hydrogen) atoms. The summed E-state index contributed by atoms with van der Waals surface area (Å²) in [5.74, 6) is 0.917. The van der Waals surface area contributed by atoms with E-state index >= 15 is 0 Å². The Morgan fingerprint density at radius 3 is 2.14 bits per heavy atom. The number of benzene rings is 2. The van der Waals surface area contributed by atoms with Gasteiger partial charge in [0.1, 0.15) is 0 Å². The number of ether oxygens (including phenoxy) is 1. The molecular formula is C29H36N2O4. The van der Waals surface area contributed by atoms with Gasteiger partial charge in [-0.2, -0.15) is 0 Å². The van der Waals surface area contributed by atoms with E-state index in [-0.39, 0.29) is 17.6 Å². The van der Waals surface area contributed by atoms with E-state index in [2.05, 4.69) is 10.3 Å². The fourth-order valence-corrected chi connectivity index (χ4v) is 3.06. The summed E-state index contributed by atoms with van der Waals surface area (Å²) in [6.45, 7) is 10.3. The van der Waals surface area contributed by atoms with Crippen molar-refractivity contribution in [1.29, 1.82) is 0 Å². The average Bonchev–Trinajstić information content (AvgIpc) is 3.65. The number of carbonyl (C=O) groups excluding carboxylic acids is 2. The number of nitrogens with zero attached hydrogens (tertiary/aromatic N) is 1. The number of ketones is 1. The maximum absolute atomic E-state index is 12.0. The molecule has 4 rings (SSSR count). The Morgan fingerprint density at radius 2 is 1.66 bits per heavy atom. The summed E-state index contributed by atoms with van der Waals surface area (Å²) in [5.41, 5.74) is 3.88. The van der Waals surface area contributed by atoms with Crippen molar-refractivity contribution in [2.75, 3.05) is 19.0 Å². The van der Waals surface area contributed by atoms with Gasteiger partial charge < -0.3 is 14.5 Å². The van der Waals surface area contributed by atoms with Crippen LogP contribution in [0.3, 0.4) is 0 Å². The van der Waals surface area contributed by atoms with Gasteiger partial charge in [0.05, 0.1) is 6.61 Å². The lowest BCUT2D eigenvalue weighted by Crippen LogP contribution is -2.12. The Kier molecular flexibility index (Phi) is 11.1. The van der Waals surface area contributed by atoms with Crippen LogP contribution in [0.15, 0.2) is 70.7 Å². The van der Waals surface area contributed by atoms with Gasteiger partial charge in [-0.3, -0.25) is 9.59 Å². The lowest BCUT2D eigenvalue weighted by molar-refractivity contribution is -0.117. The van der Waals surface area contributed by atoms with Gasteiger partial charge in [-0.1, -0.05) is 43.7 Å². The lowest BCUT2D eigenvalue weighted by atomic mass is 10.1. The molecule has 1 amide bonds. The molecule has 0 spiro atoms. The Morgan fingerprint density at radius 1 is 1.03 bits per heavy atom. The molecule has 1 N–H and O–H groups in total. The molecule has 1 aromatic heterocycles. The molecule has 0 atom stereocenters. The number of allylic oxidation sites excluding steroid dienone is 1. The number of anilines is 1. The number of Topliss-reactive ketones (excluding diaryl/α,β-unsaturated/α-hetero) is 1. The highest BCUT2D eigenvalue weighted by molar-refractivity contribution is 5.98. The molecule has 6 nitrogen and oxygen atoms in total. The Labute approximate surface area is 208 Å².